The van der Waals surface area contributed by atoms with Gasteiger partial charge in [-0.05, 0) is 92.8 Å². The molecule has 58 heavy (non-hydrogen) atoms. The standard InChI is InChI=1S/C46H66N6O6/c1-28-38-23-34(46(38,3)4)24-39(28)49-45(56)42-41(29(2)54)40(25-47)58-52(42)26-31-15-12-16-37(43(31)57-8)32-20-33(22-36(21-32)51(7)17-18-53)44(55)48-35(27-50(5)6)19-30-13-10-9-11-14-30/h9-16,20-22,28-29,34-35,38-42,53-54H,17-19,23-27,47H2,1-8H3,(H,48,55)(H,49,56)/t28-,29-,34+,35-,38-,39-,40-,41+,42-/m0/s1. The van der Waals surface area contributed by atoms with E-state index in [9.17, 15) is 19.8 Å². The Balaban J connectivity index is 1.30. The molecule has 3 aromatic rings. The number of hydroxylamine groups is 2. The molecule has 1 heterocycles. The maximum Gasteiger partial charge on any atom is 0.251 e. The summed E-state index contributed by atoms with van der Waals surface area (Å²) >= 11 is 0. The summed E-state index contributed by atoms with van der Waals surface area (Å²) in [6.45, 7) is 9.95. The van der Waals surface area contributed by atoms with Gasteiger partial charge >= 0.3 is 0 Å². The van der Waals surface area contributed by atoms with E-state index in [1.54, 1.807) is 19.1 Å². The van der Waals surface area contributed by atoms with Crippen LogP contribution in [0, 0.1) is 29.1 Å². The minimum absolute atomic E-state index is 0.0506. The fourth-order valence-corrected chi connectivity index (χ4v) is 10.0. The number of para-hydroxylation sites is 1. The molecule has 3 saturated carbocycles. The first kappa shape index (κ1) is 43.5. The number of aliphatic hydroxyl groups is 2. The lowest BCUT2D eigenvalue weighted by molar-refractivity contribution is -0.175. The highest BCUT2D eigenvalue weighted by Crippen LogP contribution is 2.61. The van der Waals surface area contributed by atoms with Gasteiger partial charge in [0.1, 0.15) is 11.8 Å². The number of nitrogens with one attached hydrogen (secondary N) is 2. The molecule has 0 radical (unpaired) electrons. The number of aliphatic hydroxyl groups excluding tert-OH is 2. The number of benzene rings is 3. The van der Waals surface area contributed by atoms with Crippen molar-refractivity contribution in [2.24, 2.45) is 34.8 Å². The number of carbonyl (C=O) groups excluding carboxylic acids is 2. The molecule has 1 aliphatic heterocycles. The average molecular weight is 799 g/mol. The van der Waals surface area contributed by atoms with Gasteiger partial charge in [0.2, 0.25) is 5.91 Å². The monoisotopic (exact) mass is 799 g/mol. The van der Waals surface area contributed by atoms with Crippen molar-refractivity contribution in [1.82, 2.24) is 20.6 Å². The molecule has 6 N–H and O–H groups in total. The summed E-state index contributed by atoms with van der Waals surface area (Å²) in [5.74, 6) is 1.14. The molecule has 3 aliphatic carbocycles. The van der Waals surface area contributed by atoms with E-state index in [1.165, 1.54) is 6.42 Å². The number of amides is 2. The lowest BCUT2D eigenvalue weighted by Crippen LogP contribution is -2.62. The van der Waals surface area contributed by atoms with Crippen molar-refractivity contribution in [3.8, 4) is 16.9 Å². The van der Waals surface area contributed by atoms with Gasteiger partial charge in [-0.25, -0.2) is 0 Å². The number of hydrogen-bond acceptors (Lipinski definition) is 10. The third-order valence-electron chi connectivity index (χ3n) is 13.4. The van der Waals surface area contributed by atoms with Gasteiger partial charge in [-0.2, -0.15) is 5.06 Å². The second kappa shape index (κ2) is 18.5. The largest absolute Gasteiger partial charge is 0.496 e. The van der Waals surface area contributed by atoms with Gasteiger partial charge in [0, 0.05) is 67.1 Å². The van der Waals surface area contributed by atoms with Crippen molar-refractivity contribution in [2.45, 2.75) is 83.8 Å². The van der Waals surface area contributed by atoms with Crippen LogP contribution in [0.1, 0.15) is 62.0 Å². The first-order valence-electron chi connectivity index (χ1n) is 20.9. The van der Waals surface area contributed by atoms with Crippen LogP contribution in [0.4, 0.5) is 5.69 Å². The van der Waals surface area contributed by atoms with Crippen molar-refractivity contribution < 1.29 is 29.4 Å². The van der Waals surface area contributed by atoms with E-state index in [0.29, 0.717) is 48.6 Å². The Morgan fingerprint density at radius 1 is 1.07 bits per heavy atom. The third-order valence-corrected chi connectivity index (χ3v) is 13.4. The highest BCUT2D eigenvalue weighted by Gasteiger charge is 2.57. The second-order valence-electron chi connectivity index (χ2n) is 17.8. The van der Waals surface area contributed by atoms with E-state index >= 15 is 0 Å². The number of methoxy groups -OCH3 is 1. The topological polar surface area (TPSA) is 153 Å². The molecule has 2 amide bonds. The lowest BCUT2D eigenvalue weighted by Gasteiger charge is -2.62. The Morgan fingerprint density at radius 2 is 1.81 bits per heavy atom. The summed E-state index contributed by atoms with van der Waals surface area (Å²) in [6, 6.07) is 20.8. The van der Waals surface area contributed by atoms with Crippen LogP contribution in [0.3, 0.4) is 0 Å². The van der Waals surface area contributed by atoms with E-state index in [-0.39, 0.29) is 49.0 Å². The van der Waals surface area contributed by atoms with Crippen molar-refractivity contribution in [3.63, 3.8) is 0 Å². The van der Waals surface area contributed by atoms with Crippen molar-refractivity contribution >= 4 is 17.5 Å². The summed E-state index contributed by atoms with van der Waals surface area (Å²) < 4.78 is 6.14. The van der Waals surface area contributed by atoms with Gasteiger partial charge in [-0.3, -0.25) is 14.4 Å². The van der Waals surface area contributed by atoms with Crippen molar-refractivity contribution in [1.29, 1.82) is 0 Å². The molecular formula is C46H66N6O6. The smallest absolute Gasteiger partial charge is 0.251 e. The van der Waals surface area contributed by atoms with Gasteiger partial charge in [0.15, 0.2) is 0 Å². The van der Waals surface area contributed by atoms with Gasteiger partial charge in [0.05, 0.1) is 32.5 Å². The number of anilines is 1. The molecule has 7 rings (SSSR count). The Morgan fingerprint density at radius 3 is 2.43 bits per heavy atom. The molecule has 0 aromatic heterocycles. The molecule has 0 spiro atoms. The van der Waals surface area contributed by atoms with Gasteiger partial charge in [0.25, 0.3) is 5.91 Å². The number of rotatable bonds is 17. The lowest BCUT2D eigenvalue weighted by atomic mass is 9.45. The van der Waals surface area contributed by atoms with Gasteiger partial charge in [-0.1, -0.05) is 69.3 Å². The number of ether oxygens (including phenoxy) is 1. The minimum Gasteiger partial charge on any atom is -0.496 e. The number of carbonyl (C=O) groups is 2. The minimum atomic E-state index is -0.841. The zero-order valence-electron chi connectivity index (χ0n) is 35.7. The van der Waals surface area contributed by atoms with Crippen LogP contribution in [0.2, 0.25) is 0 Å². The first-order chi connectivity index (χ1) is 27.7. The number of nitrogens with two attached hydrogens (primary N) is 1. The van der Waals surface area contributed by atoms with Gasteiger partial charge < -0.3 is 41.1 Å². The summed E-state index contributed by atoms with van der Waals surface area (Å²) in [7, 11) is 7.48. The fraction of sp³-hybridized carbons (Fsp3) is 0.565. The summed E-state index contributed by atoms with van der Waals surface area (Å²) in [5, 5.41) is 29.2. The normalized spacial score (nSPS) is 26.1. The Hall–Kier alpha value is -4.04. The molecule has 4 fully saturated rings. The Labute approximate surface area is 345 Å². The van der Waals surface area contributed by atoms with E-state index in [1.807, 2.05) is 80.6 Å². The molecule has 1 saturated heterocycles. The fourth-order valence-electron chi connectivity index (χ4n) is 10.0. The summed E-state index contributed by atoms with van der Waals surface area (Å²) in [6.07, 6.45) is 1.43. The molecule has 12 nitrogen and oxygen atoms in total. The maximum absolute atomic E-state index is 14.4. The molecule has 4 aliphatic rings. The highest BCUT2D eigenvalue weighted by atomic mass is 16.7. The quantitative estimate of drug-likeness (QED) is 0.134. The first-order valence-corrected chi connectivity index (χ1v) is 20.9. The van der Waals surface area contributed by atoms with Crippen LogP contribution < -0.4 is 26.0 Å². The SMILES string of the molecule is COc1c(CN2O[C@@H](CN)[C@@H]([C@H](C)O)[C@H]2C(=O)N[C@H]2C[C@H]3C[C@@H]([C@@H]2C)C3(C)C)cccc1-c1cc(C(=O)N[C@@H](Cc2ccccc2)CN(C)C)cc(N(C)CCO)c1. The van der Waals surface area contributed by atoms with Crippen molar-refractivity contribution in [3.05, 3.63) is 83.4 Å². The third kappa shape index (κ3) is 9.22. The van der Waals surface area contributed by atoms with Crippen LogP contribution in [0.15, 0.2) is 66.7 Å². The molecular weight excluding hydrogens is 733 g/mol. The molecule has 316 valence electrons. The van der Waals surface area contributed by atoms with Crippen LogP contribution in [0.25, 0.3) is 11.1 Å². The van der Waals surface area contributed by atoms with Gasteiger partial charge in [-0.15, -0.1) is 0 Å². The Bertz CT molecular complexity index is 1870. The van der Waals surface area contributed by atoms with Crippen molar-refractivity contribution in [2.75, 3.05) is 59.4 Å². The van der Waals surface area contributed by atoms with E-state index in [4.69, 9.17) is 15.3 Å². The van der Waals surface area contributed by atoms with Crippen LogP contribution >= 0.6 is 0 Å². The second-order valence-corrected chi connectivity index (χ2v) is 17.8. The predicted molar refractivity (Wildman–Crippen MR) is 228 cm³/mol. The van der Waals surface area contributed by atoms with Crippen LogP contribution in [0.5, 0.6) is 5.75 Å². The zero-order chi connectivity index (χ0) is 41.9. The molecule has 2 bridgehead atoms. The average Bonchev–Trinajstić information content (AvgIpc) is 3.57. The van der Waals surface area contributed by atoms with E-state index < -0.39 is 24.2 Å². The molecule has 3 aromatic carbocycles. The Kier molecular flexibility index (Phi) is 13.9. The predicted octanol–water partition coefficient (Wildman–Crippen LogP) is 4.32. The van der Waals surface area contributed by atoms with E-state index in [2.05, 4.69) is 48.4 Å². The number of likely N-dealkylation sites (N-methyl/N-ethyl adjacent to an activating group) is 2. The summed E-state index contributed by atoms with van der Waals surface area (Å²) in [4.78, 5) is 38.9. The van der Waals surface area contributed by atoms with Crippen LogP contribution in [-0.4, -0.2) is 117 Å². The highest BCUT2D eigenvalue weighted by molar-refractivity contribution is 5.97. The molecule has 9 atom stereocenters. The zero-order valence-corrected chi connectivity index (χ0v) is 35.7. The number of fused-ring (bicyclic) bond motifs is 2. The van der Waals surface area contributed by atoms with E-state index in [0.717, 1.165) is 34.4 Å². The number of nitrogens with zero attached hydrogens (tertiary/aromatic N) is 3. The summed E-state index contributed by atoms with van der Waals surface area (Å²) in [5.41, 5.74) is 11.1. The van der Waals surface area contributed by atoms with Crippen LogP contribution in [-0.2, 0) is 22.6 Å². The molecule has 12 heteroatoms. The number of hydrogen-bond donors (Lipinski definition) is 5. The molecule has 0 unspecified atom stereocenters. The maximum atomic E-state index is 14.4.